The van der Waals surface area contributed by atoms with Crippen LogP contribution in [0.2, 0.25) is 0 Å². The average Bonchev–Trinajstić information content (AvgIpc) is 3.14. The molecule has 0 radical (unpaired) electrons. The van der Waals surface area contributed by atoms with Gasteiger partial charge in [0.05, 0.1) is 17.3 Å². The number of nitrogens with zero attached hydrogens (tertiary/aromatic N) is 2. The van der Waals surface area contributed by atoms with Crippen molar-refractivity contribution in [1.29, 1.82) is 0 Å². The van der Waals surface area contributed by atoms with Crippen molar-refractivity contribution >= 4 is 5.71 Å². The Kier molecular flexibility index (Phi) is 3.71. The van der Waals surface area contributed by atoms with E-state index >= 15 is 0 Å². The Morgan fingerprint density at radius 2 is 1.63 bits per heavy atom. The van der Waals surface area contributed by atoms with Crippen molar-refractivity contribution in [2.45, 2.75) is 25.6 Å². The lowest BCUT2D eigenvalue weighted by Gasteiger charge is -2.38. The minimum atomic E-state index is -0.575. The fraction of sp³-hybridized carbons (Fsp3) is 0.174. The number of benzene rings is 3. The lowest BCUT2D eigenvalue weighted by atomic mass is 9.95. The minimum Gasteiger partial charge on any atom is -0.464 e. The Morgan fingerprint density at radius 1 is 0.926 bits per heavy atom. The van der Waals surface area contributed by atoms with Gasteiger partial charge in [0.25, 0.3) is 0 Å². The maximum absolute atomic E-state index is 14.5. The molecule has 3 aromatic rings. The molecule has 2 aliphatic rings. The summed E-state index contributed by atoms with van der Waals surface area (Å²) in [6.07, 6.45) is 0.197. The summed E-state index contributed by atoms with van der Waals surface area (Å²) in [7, 11) is 0. The van der Waals surface area contributed by atoms with Crippen LogP contribution in [-0.4, -0.2) is 10.7 Å². The van der Waals surface area contributed by atoms with Crippen LogP contribution < -0.4 is 4.74 Å². The second kappa shape index (κ2) is 6.23. The Bertz CT molecular complexity index is 1030. The van der Waals surface area contributed by atoms with Crippen LogP contribution in [0.5, 0.6) is 5.75 Å². The molecule has 4 heteroatoms. The van der Waals surface area contributed by atoms with Crippen molar-refractivity contribution in [2.24, 2.45) is 5.10 Å². The van der Waals surface area contributed by atoms with E-state index < -0.39 is 6.23 Å². The Labute approximate surface area is 157 Å². The van der Waals surface area contributed by atoms with E-state index in [4.69, 9.17) is 9.84 Å². The van der Waals surface area contributed by atoms with Crippen molar-refractivity contribution in [3.05, 3.63) is 101 Å². The predicted molar refractivity (Wildman–Crippen MR) is 103 cm³/mol. The number of ether oxygens (including phenoxy) is 1. The van der Waals surface area contributed by atoms with Crippen LogP contribution in [-0.2, 0) is 0 Å². The smallest absolute Gasteiger partial charge is 0.216 e. The van der Waals surface area contributed by atoms with Gasteiger partial charge in [-0.15, -0.1) is 0 Å². The zero-order valence-corrected chi connectivity index (χ0v) is 15.0. The van der Waals surface area contributed by atoms with Crippen LogP contribution >= 0.6 is 0 Å². The van der Waals surface area contributed by atoms with Gasteiger partial charge in [0, 0.05) is 12.0 Å². The Hall–Kier alpha value is -3.14. The van der Waals surface area contributed by atoms with Gasteiger partial charge in [-0.2, -0.15) is 5.10 Å². The number of para-hydroxylation sites is 1. The second-order valence-corrected chi connectivity index (χ2v) is 7.04. The first-order chi connectivity index (χ1) is 13.2. The van der Waals surface area contributed by atoms with Crippen LogP contribution in [0.15, 0.2) is 77.9 Å². The summed E-state index contributed by atoms with van der Waals surface area (Å²) in [5.41, 5.74) is 4.91. The molecule has 27 heavy (non-hydrogen) atoms. The highest BCUT2D eigenvalue weighted by molar-refractivity contribution is 6.02. The molecule has 134 valence electrons. The van der Waals surface area contributed by atoms with E-state index in [-0.39, 0.29) is 11.9 Å². The van der Waals surface area contributed by atoms with Crippen molar-refractivity contribution in [1.82, 2.24) is 5.01 Å². The molecule has 0 spiro atoms. The standard InChI is InChI=1S/C23H19FN2O/c1-15-10-12-16(13-11-15)20-14-21-18-7-3-5-9-22(18)27-23(26(21)25-20)17-6-2-4-8-19(17)24/h2-13,21,23H,14H2,1H3/t21-,23+/m1/s1. The maximum atomic E-state index is 14.5. The molecular weight excluding hydrogens is 339 g/mol. The van der Waals surface area contributed by atoms with E-state index in [1.54, 1.807) is 12.1 Å². The predicted octanol–water partition coefficient (Wildman–Crippen LogP) is 5.38. The first-order valence-corrected chi connectivity index (χ1v) is 9.13. The van der Waals surface area contributed by atoms with E-state index in [9.17, 15) is 4.39 Å². The van der Waals surface area contributed by atoms with Crippen molar-refractivity contribution in [3.8, 4) is 5.75 Å². The van der Waals surface area contributed by atoms with Gasteiger partial charge in [-0.05, 0) is 24.6 Å². The van der Waals surface area contributed by atoms with Crippen LogP contribution in [0.3, 0.4) is 0 Å². The fourth-order valence-electron chi connectivity index (χ4n) is 3.84. The first-order valence-electron chi connectivity index (χ1n) is 9.13. The zero-order valence-electron chi connectivity index (χ0n) is 15.0. The summed E-state index contributed by atoms with van der Waals surface area (Å²) < 4.78 is 20.7. The molecule has 0 aromatic heterocycles. The van der Waals surface area contributed by atoms with E-state index in [1.807, 2.05) is 29.3 Å². The number of hydrazone groups is 1. The van der Waals surface area contributed by atoms with E-state index in [2.05, 4.69) is 37.3 Å². The highest BCUT2D eigenvalue weighted by atomic mass is 19.1. The van der Waals surface area contributed by atoms with Crippen LogP contribution in [0, 0.1) is 12.7 Å². The molecule has 0 fully saturated rings. The molecule has 0 saturated carbocycles. The molecular formula is C23H19FN2O. The van der Waals surface area contributed by atoms with Crippen LogP contribution in [0.25, 0.3) is 0 Å². The molecule has 3 aromatic carbocycles. The summed E-state index contributed by atoms with van der Waals surface area (Å²) in [6.45, 7) is 2.07. The Balaban J connectivity index is 1.61. The SMILES string of the molecule is Cc1ccc(C2=NN3[C@H](C2)c2ccccc2O[C@H]3c2ccccc2F)cc1. The normalized spacial score (nSPS) is 20.5. The molecule has 0 amide bonds. The quantitative estimate of drug-likeness (QED) is 0.615. The molecule has 2 atom stereocenters. The topological polar surface area (TPSA) is 24.8 Å². The summed E-state index contributed by atoms with van der Waals surface area (Å²) in [4.78, 5) is 0. The number of fused-ring (bicyclic) bond motifs is 3. The average molecular weight is 358 g/mol. The molecule has 2 heterocycles. The number of hydrogen-bond acceptors (Lipinski definition) is 3. The highest BCUT2D eigenvalue weighted by Crippen LogP contribution is 2.47. The summed E-state index contributed by atoms with van der Waals surface area (Å²) in [5, 5.41) is 6.78. The lowest BCUT2D eigenvalue weighted by molar-refractivity contribution is -0.0212. The second-order valence-electron chi connectivity index (χ2n) is 7.04. The Morgan fingerprint density at radius 3 is 2.41 bits per heavy atom. The van der Waals surface area contributed by atoms with Gasteiger partial charge in [0.1, 0.15) is 11.6 Å². The lowest BCUT2D eigenvalue weighted by Crippen LogP contribution is -2.34. The zero-order chi connectivity index (χ0) is 18.4. The van der Waals surface area contributed by atoms with E-state index in [0.29, 0.717) is 5.56 Å². The molecule has 0 bridgehead atoms. The van der Waals surface area contributed by atoms with E-state index in [0.717, 1.165) is 29.0 Å². The molecule has 0 saturated heterocycles. The molecule has 0 unspecified atom stereocenters. The summed E-state index contributed by atoms with van der Waals surface area (Å²) >= 11 is 0. The first kappa shape index (κ1) is 16.1. The minimum absolute atomic E-state index is 0.0378. The molecule has 3 nitrogen and oxygen atoms in total. The van der Waals surface area contributed by atoms with Gasteiger partial charge in [-0.1, -0.05) is 66.2 Å². The molecule has 2 aliphatic heterocycles. The van der Waals surface area contributed by atoms with Gasteiger partial charge >= 0.3 is 0 Å². The third kappa shape index (κ3) is 2.69. The molecule has 0 aliphatic carbocycles. The number of rotatable bonds is 2. The van der Waals surface area contributed by atoms with Crippen molar-refractivity contribution in [2.75, 3.05) is 0 Å². The molecule has 0 N–H and O–H groups in total. The van der Waals surface area contributed by atoms with Gasteiger partial charge in [-0.3, -0.25) is 0 Å². The van der Waals surface area contributed by atoms with Crippen molar-refractivity contribution in [3.63, 3.8) is 0 Å². The maximum Gasteiger partial charge on any atom is 0.216 e. The summed E-state index contributed by atoms with van der Waals surface area (Å²) in [6, 6.07) is 23.1. The van der Waals surface area contributed by atoms with E-state index in [1.165, 1.54) is 11.6 Å². The number of aryl methyl sites for hydroxylation is 1. The third-order valence-electron chi connectivity index (χ3n) is 5.26. The van der Waals surface area contributed by atoms with Crippen LogP contribution in [0.4, 0.5) is 4.39 Å². The van der Waals surface area contributed by atoms with Crippen LogP contribution in [0.1, 0.15) is 40.9 Å². The van der Waals surface area contributed by atoms with Gasteiger partial charge in [0.15, 0.2) is 0 Å². The highest BCUT2D eigenvalue weighted by Gasteiger charge is 2.41. The number of halogens is 1. The van der Waals surface area contributed by atoms with Gasteiger partial charge < -0.3 is 4.74 Å². The number of hydrogen-bond donors (Lipinski definition) is 0. The monoisotopic (exact) mass is 358 g/mol. The summed E-state index contributed by atoms with van der Waals surface area (Å²) in [5.74, 6) is 0.520. The molecule has 5 rings (SSSR count). The third-order valence-corrected chi connectivity index (χ3v) is 5.26. The fourth-order valence-corrected chi connectivity index (χ4v) is 3.84. The van der Waals surface area contributed by atoms with Crippen molar-refractivity contribution < 1.29 is 9.13 Å². The van der Waals surface area contributed by atoms with Gasteiger partial charge in [-0.25, -0.2) is 9.40 Å². The van der Waals surface area contributed by atoms with Gasteiger partial charge in [0.2, 0.25) is 6.23 Å². The largest absolute Gasteiger partial charge is 0.464 e.